The minimum Gasteiger partial charge on any atom is -0.468 e. The zero-order chi connectivity index (χ0) is 15.2. The molecule has 1 aliphatic rings. The molecule has 112 valence electrons. The molecular weight excluding hydrogens is 278 g/mol. The van der Waals surface area contributed by atoms with Crippen molar-refractivity contribution in [1.29, 1.82) is 5.26 Å². The average molecular weight is 295 g/mol. The van der Waals surface area contributed by atoms with Crippen molar-refractivity contribution in [1.82, 2.24) is 9.97 Å². The summed E-state index contributed by atoms with van der Waals surface area (Å²) in [5, 5.41) is 8.72. The first-order valence-electron chi connectivity index (χ1n) is 7.42. The van der Waals surface area contributed by atoms with Gasteiger partial charge < -0.3 is 9.47 Å². The molecule has 0 unspecified atom stereocenters. The lowest BCUT2D eigenvalue weighted by atomic mass is 10.1. The third kappa shape index (κ3) is 3.60. The molecular formula is C17H17N3O2. The predicted molar refractivity (Wildman–Crippen MR) is 81.0 cm³/mol. The van der Waals surface area contributed by atoms with E-state index in [1.165, 1.54) is 12.8 Å². The first-order valence-corrected chi connectivity index (χ1v) is 7.42. The van der Waals surface area contributed by atoms with Crippen LogP contribution in [-0.4, -0.2) is 22.9 Å². The molecule has 1 heterocycles. The lowest BCUT2D eigenvalue weighted by molar-refractivity contribution is -0.0324. The SMILES string of the molecule is N#Cc1ncc(-c2cccc(OCOC3CCCC3)c2)cn1. The van der Waals surface area contributed by atoms with Crippen LogP contribution in [0.5, 0.6) is 5.75 Å². The van der Waals surface area contributed by atoms with Gasteiger partial charge in [0.15, 0.2) is 6.79 Å². The summed E-state index contributed by atoms with van der Waals surface area (Å²) < 4.78 is 11.4. The molecule has 1 aliphatic carbocycles. The number of aromatic nitrogens is 2. The van der Waals surface area contributed by atoms with Crippen molar-refractivity contribution < 1.29 is 9.47 Å². The van der Waals surface area contributed by atoms with Gasteiger partial charge in [0.2, 0.25) is 5.82 Å². The Hall–Kier alpha value is -2.45. The molecule has 0 spiro atoms. The van der Waals surface area contributed by atoms with Crippen LogP contribution in [0.1, 0.15) is 31.5 Å². The van der Waals surface area contributed by atoms with Crippen LogP contribution < -0.4 is 4.74 Å². The average Bonchev–Trinajstić information content (AvgIpc) is 3.09. The lowest BCUT2D eigenvalue weighted by Crippen LogP contribution is -2.12. The Kier molecular flexibility index (Phi) is 4.62. The molecule has 5 nitrogen and oxygen atoms in total. The highest BCUT2D eigenvalue weighted by molar-refractivity contribution is 5.63. The predicted octanol–water partition coefficient (Wildman–Crippen LogP) is 3.31. The molecule has 0 radical (unpaired) electrons. The van der Waals surface area contributed by atoms with E-state index in [2.05, 4.69) is 9.97 Å². The van der Waals surface area contributed by atoms with Crippen LogP contribution in [0.4, 0.5) is 0 Å². The standard InChI is InChI=1S/C17H17N3O2/c18-9-17-19-10-14(11-20-17)13-4-3-7-16(8-13)22-12-21-15-5-1-2-6-15/h3-4,7-8,10-11,15H,1-2,5-6,12H2. The van der Waals surface area contributed by atoms with Crippen molar-refractivity contribution in [3.63, 3.8) is 0 Å². The van der Waals surface area contributed by atoms with Crippen molar-refractivity contribution in [2.45, 2.75) is 31.8 Å². The van der Waals surface area contributed by atoms with E-state index in [1.54, 1.807) is 12.4 Å². The van der Waals surface area contributed by atoms with Crippen molar-refractivity contribution >= 4 is 0 Å². The van der Waals surface area contributed by atoms with E-state index in [-0.39, 0.29) is 12.6 Å². The molecule has 0 aliphatic heterocycles. The summed E-state index contributed by atoms with van der Waals surface area (Å²) in [7, 11) is 0. The molecule has 0 amide bonds. The van der Waals surface area contributed by atoms with Crippen molar-refractivity contribution in [3.8, 4) is 22.9 Å². The van der Waals surface area contributed by atoms with E-state index in [1.807, 2.05) is 30.3 Å². The molecule has 0 saturated heterocycles. The summed E-state index contributed by atoms with van der Waals surface area (Å²) in [5.74, 6) is 0.918. The quantitative estimate of drug-likeness (QED) is 0.792. The molecule has 2 aromatic rings. The van der Waals surface area contributed by atoms with Gasteiger partial charge in [0.25, 0.3) is 0 Å². The van der Waals surface area contributed by atoms with Crippen LogP contribution in [0.25, 0.3) is 11.1 Å². The minimum atomic E-state index is 0.168. The van der Waals surface area contributed by atoms with Gasteiger partial charge in [-0.25, -0.2) is 9.97 Å². The maximum Gasteiger partial charge on any atom is 0.232 e. The lowest BCUT2D eigenvalue weighted by Gasteiger charge is -2.12. The van der Waals surface area contributed by atoms with E-state index in [0.29, 0.717) is 6.10 Å². The second kappa shape index (κ2) is 7.01. The fraction of sp³-hybridized carbons (Fsp3) is 0.353. The second-order valence-corrected chi connectivity index (χ2v) is 5.27. The summed E-state index contributed by atoms with van der Waals surface area (Å²) in [6.07, 6.45) is 8.38. The normalized spacial score (nSPS) is 14.7. The van der Waals surface area contributed by atoms with Gasteiger partial charge in [-0.3, -0.25) is 0 Å². The van der Waals surface area contributed by atoms with Crippen molar-refractivity contribution in [2.24, 2.45) is 0 Å². The van der Waals surface area contributed by atoms with Crippen LogP contribution >= 0.6 is 0 Å². The monoisotopic (exact) mass is 295 g/mol. The molecule has 0 N–H and O–H groups in total. The van der Waals surface area contributed by atoms with Crippen LogP contribution in [0.15, 0.2) is 36.7 Å². The number of ether oxygens (including phenoxy) is 2. The number of rotatable bonds is 5. The van der Waals surface area contributed by atoms with Gasteiger partial charge in [0.05, 0.1) is 6.10 Å². The third-order valence-corrected chi connectivity index (χ3v) is 3.75. The molecule has 22 heavy (non-hydrogen) atoms. The Labute approximate surface area is 129 Å². The summed E-state index contributed by atoms with van der Waals surface area (Å²) in [6, 6.07) is 9.59. The molecule has 0 atom stereocenters. The summed E-state index contributed by atoms with van der Waals surface area (Å²) in [5.41, 5.74) is 1.80. The topological polar surface area (TPSA) is 68.0 Å². The van der Waals surface area contributed by atoms with E-state index in [4.69, 9.17) is 14.7 Å². The minimum absolute atomic E-state index is 0.168. The van der Waals surface area contributed by atoms with Gasteiger partial charge in [-0.2, -0.15) is 5.26 Å². The Bertz CT molecular complexity index is 658. The van der Waals surface area contributed by atoms with E-state index in [0.717, 1.165) is 29.7 Å². The van der Waals surface area contributed by atoms with Gasteiger partial charge in [-0.1, -0.05) is 25.0 Å². The summed E-state index contributed by atoms with van der Waals surface area (Å²) >= 11 is 0. The van der Waals surface area contributed by atoms with Gasteiger partial charge >= 0.3 is 0 Å². The summed E-state index contributed by atoms with van der Waals surface area (Å²) in [4.78, 5) is 7.96. The van der Waals surface area contributed by atoms with E-state index >= 15 is 0 Å². The zero-order valence-corrected chi connectivity index (χ0v) is 12.2. The molecule has 1 fully saturated rings. The fourth-order valence-corrected chi connectivity index (χ4v) is 2.55. The summed E-state index contributed by atoms with van der Waals surface area (Å²) in [6.45, 7) is 0.276. The zero-order valence-electron chi connectivity index (χ0n) is 12.2. The van der Waals surface area contributed by atoms with E-state index in [9.17, 15) is 0 Å². The second-order valence-electron chi connectivity index (χ2n) is 5.27. The number of nitriles is 1. The van der Waals surface area contributed by atoms with Crippen LogP contribution in [0.2, 0.25) is 0 Å². The number of hydrogen-bond donors (Lipinski definition) is 0. The van der Waals surface area contributed by atoms with Gasteiger partial charge in [-0.15, -0.1) is 0 Å². The Balaban J connectivity index is 1.62. The fourth-order valence-electron chi connectivity index (χ4n) is 2.55. The molecule has 1 aromatic heterocycles. The number of hydrogen-bond acceptors (Lipinski definition) is 5. The maximum atomic E-state index is 8.72. The highest BCUT2D eigenvalue weighted by Crippen LogP contribution is 2.24. The van der Waals surface area contributed by atoms with Crippen LogP contribution in [-0.2, 0) is 4.74 Å². The van der Waals surface area contributed by atoms with Crippen molar-refractivity contribution in [2.75, 3.05) is 6.79 Å². The molecule has 3 rings (SSSR count). The largest absolute Gasteiger partial charge is 0.468 e. The Morgan fingerprint density at radius 2 is 1.91 bits per heavy atom. The Morgan fingerprint density at radius 1 is 1.14 bits per heavy atom. The highest BCUT2D eigenvalue weighted by Gasteiger charge is 2.15. The molecule has 1 saturated carbocycles. The molecule has 1 aromatic carbocycles. The van der Waals surface area contributed by atoms with E-state index < -0.39 is 0 Å². The highest BCUT2D eigenvalue weighted by atomic mass is 16.7. The number of nitrogens with zero attached hydrogens (tertiary/aromatic N) is 3. The van der Waals surface area contributed by atoms with Crippen molar-refractivity contribution in [3.05, 3.63) is 42.5 Å². The molecule has 5 heteroatoms. The van der Waals surface area contributed by atoms with Gasteiger partial charge in [0.1, 0.15) is 11.8 Å². The number of benzene rings is 1. The molecule has 0 bridgehead atoms. The third-order valence-electron chi connectivity index (χ3n) is 3.75. The first-order chi connectivity index (χ1) is 10.8. The Morgan fingerprint density at radius 3 is 2.64 bits per heavy atom. The van der Waals surface area contributed by atoms with Gasteiger partial charge in [0, 0.05) is 18.0 Å². The first kappa shape index (κ1) is 14.5. The van der Waals surface area contributed by atoms with Gasteiger partial charge in [-0.05, 0) is 30.5 Å². The smallest absolute Gasteiger partial charge is 0.232 e. The maximum absolute atomic E-state index is 8.72. The van der Waals surface area contributed by atoms with Crippen LogP contribution in [0, 0.1) is 11.3 Å². The van der Waals surface area contributed by atoms with Crippen LogP contribution in [0.3, 0.4) is 0 Å².